The third-order valence-electron chi connectivity index (χ3n) is 3.04. The first kappa shape index (κ1) is 12.7. The molecule has 0 saturated carbocycles. The van der Waals surface area contributed by atoms with Crippen LogP contribution in [-0.2, 0) is 0 Å². The predicted molar refractivity (Wildman–Crippen MR) is 64.2 cm³/mol. The smallest absolute Gasteiger partial charge is 0.251 e. The summed E-state index contributed by atoms with van der Waals surface area (Å²) in [5.74, 6) is 0.0241. The zero-order valence-corrected chi connectivity index (χ0v) is 10.0. The predicted octanol–water partition coefficient (Wildman–Crippen LogP) is 1.82. The van der Waals surface area contributed by atoms with Crippen LogP contribution in [0.25, 0.3) is 0 Å². The Hall–Kier alpha value is -1.35. The van der Waals surface area contributed by atoms with E-state index in [0.717, 1.165) is 0 Å². The minimum atomic E-state index is -0.576. The highest BCUT2D eigenvalue weighted by molar-refractivity contribution is 5.94. The van der Waals surface area contributed by atoms with Crippen LogP contribution in [0.5, 0.6) is 0 Å². The highest BCUT2D eigenvalue weighted by Crippen LogP contribution is 2.16. The molecule has 0 fully saturated rings. The SMILES string of the molecule is CC(C)C(C)(CO)NC(=O)c1ccccc1. The molecule has 1 rings (SSSR count). The van der Waals surface area contributed by atoms with Crippen molar-refractivity contribution in [1.82, 2.24) is 5.32 Å². The van der Waals surface area contributed by atoms with E-state index in [4.69, 9.17) is 0 Å². The van der Waals surface area contributed by atoms with Gasteiger partial charge in [0, 0.05) is 5.56 Å². The standard InChI is InChI=1S/C13H19NO2/c1-10(2)13(3,9-15)14-12(16)11-7-5-4-6-8-11/h4-8,10,15H,9H2,1-3H3,(H,14,16). The molecule has 1 aromatic carbocycles. The van der Waals surface area contributed by atoms with Crippen molar-refractivity contribution < 1.29 is 9.90 Å². The molecule has 1 amide bonds. The summed E-state index contributed by atoms with van der Waals surface area (Å²) in [7, 11) is 0. The molecule has 0 aliphatic heterocycles. The van der Waals surface area contributed by atoms with Crippen LogP contribution in [0.3, 0.4) is 0 Å². The summed E-state index contributed by atoms with van der Waals surface area (Å²) in [6, 6.07) is 9.02. The van der Waals surface area contributed by atoms with E-state index in [2.05, 4.69) is 5.32 Å². The highest BCUT2D eigenvalue weighted by atomic mass is 16.3. The van der Waals surface area contributed by atoms with E-state index < -0.39 is 5.54 Å². The maximum Gasteiger partial charge on any atom is 0.251 e. The van der Waals surface area contributed by atoms with E-state index in [-0.39, 0.29) is 18.4 Å². The van der Waals surface area contributed by atoms with Gasteiger partial charge in [0.05, 0.1) is 12.1 Å². The average molecular weight is 221 g/mol. The summed E-state index contributed by atoms with van der Waals surface area (Å²) in [4.78, 5) is 11.9. The zero-order chi connectivity index (χ0) is 12.2. The molecule has 0 bridgehead atoms. The molecule has 16 heavy (non-hydrogen) atoms. The van der Waals surface area contributed by atoms with Crippen LogP contribution in [0.2, 0.25) is 0 Å². The number of aliphatic hydroxyl groups excluding tert-OH is 1. The van der Waals surface area contributed by atoms with Gasteiger partial charge >= 0.3 is 0 Å². The third-order valence-corrected chi connectivity index (χ3v) is 3.04. The lowest BCUT2D eigenvalue weighted by Crippen LogP contribution is -2.52. The van der Waals surface area contributed by atoms with Gasteiger partial charge in [-0.05, 0) is 25.0 Å². The summed E-state index contributed by atoms with van der Waals surface area (Å²) < 4.78 is 0. The molecule has 0 aromatic heterocycles. The second-order valence-corrected chi connectivity index (χ2v) is 4.55. The van der Waals surface area contributed by atoms with E-state index in [0.29, 0.717) is 5.56 Å². The number of hydrogen-bond acceptors (Lipinski definition) is 2. The lowest BCUT2D eigenvalue weighted by Gasteiger charge is -2.32. The number of benzene rings is 1. The number of carbonyl (C=O) groups is 1. The molecule has 2 N–H and O–H groups in total. The first-order valence-electron chi connectivity index (χ1n) is 5.48. The molecule has 0 aliphatic rings. The summed E-state index contributed by atoms with van der Waals surface area (Å²) in [6.07, 6.45) is 0. The first-order chi connectivity index (χ1) is 7.49. The Labute approximate surface area is 96.5 Å². The van der Waals surface area contributed by atoms with E-state index in [1.165, 1.54) is 0 Å². The highest BCUT2D eigenvalue weighted by Gasteiger charge is 2.29. The molecule has 1 unspecified atom stereocenters. The molecule has 0 aliphatic carbocycles. The molecule has 88 valence electrons. The van der Waals surface area contributed by atoms with Crippen molar-refractivity contribution in [2.45, 2.75) is 26.3 Å². The van der Waals surface area contributed by atoms with Crippen LogP contribution in [-0.4, -0.2) is 23.2 Å². The Balaban J connectivity index is 2.78. The number of hydrogen-bond donors (Lipinski definition) is 2. The number of carbonyl (C=O) groups excluding carboxylic acids is 1. The zero-order valence-electron chi connectivity index (χ0n) is 10.0. The van der Waals surface area contributed by atoms with Crippen molar-refractivity contribution in [3.8, 4) is 0 Å². The number of aliphatic hydroxyl groups is 1. The van der Waals surface area contributed by atoms with Gasteiger partial charge in [-0.2, -0.15) is 0 Å². The molecular weight excluding hydrogens is 202 g/mol. The Kier molecular flexibility index (Phi) is 4.07. The molecule has 3 heteroatoms. The van der Waals surface area contributed by atoms with Gasteiger partial charge in [0.1, 0.15) is 0 Å². The average Bonchev–Trinajstić information content (AvgIpc) is 2.29. The molecule has 0 heterocycles. The van der Waals surface area contributed by atoms with Crippen LogP contribution in [0.1, 0.15) is 31.1 Å². The van der Waals surface area contributed by atoms with Crippen LogP contribution in [0.4, 0.5) is 0 Å². The van der Waals surface area contributed by atoms with Gasteiger partial charge in [0.2, 0.25) is 0 Å². The van der Waals surface area contributed by atoms with Crippen molar-refractivity contribution in [3.63, 3.8) is 0 Å². The number of amides is 1. The van der Waals surface area contributed by atoms with Crippen LogP contribution >= 0.6 is 0 Å². The van der Waals surface area contributed by atoms with Gasteiger partial charge in [-0.15, -0.1) is 0 Å². The third kappa shape index (κ3) is 2.83. The monoisotopic (exact) mass is 221 g/mol. The number of nitrogens with one attached hydrogen (secondary N) is 1. The molecule has 0 radical (unpaired) electrons. The quantitative estimate of drug-likeness (QED) is 0.814. The van der Waals surface area contributed by atoms with E-state index >= 15 is 0 Å². The van der Waals surface area contributed by atoms with E-state index in [9.17, 15) is 9.90 Å². The van der Waals surface area contributed by atoms with E-state index in [1.54, 1.807) is 12.1 Å². The topological polar surface area (TPSA) is 49.3 Å². The fourth-order valence-electron chi connectivity index (χ4n) is 1.29. The molecular formula is C13H19NO2. The summed E-state index contributed by atoms with van der Waals surface area (Å²) in [6.45, 7) is 5.73. The minimum Gasteiger partial charge on any atom is -0.394 e. The van der Waals surface area contributed by atoms with Crippen molar-refractivity contribution >= 4 is 5.91 Å². The van der Waals surface area contributed by atoms with Crippen molar-refractivity contribution in [2.75, 3.05) is 6.61 Å². The van der Waals surface area contributed by atoms with Crippen LogP contribution in [0, 0.1) is 5.92 Å². The first-order valence-corrected chi connectivity index (χ1v) is 5.48. The van der Waals surface area contributed by atoms with Crippen LogP contribution < -0.4 is 5.32 Å². The van der Waals surface area contributed by atoms with Gasteiger partial charge in [0.25, 0.3) is 5.91 Å². The summed E-state index contributed by atoms with van der Waals surface area (Å²) >= 11 is 0. The molecule has 3 nitrogen and oxygen atoms in total. The molecule has 0 saturated heterocycles. The van der Waals surface area contributed by atoms with Gasteiger partial charge < -0.3 is 10.4 Å². The van der Waals surface area contributed by atoms with Crippen molar-refractivity contribution in [3.05, 3.63) is 35.9 Å². The maximum absolute atomic E-state index is 11.9. The fraction of sp³-hybridized carbons (Fsp3) is 0.462. The Morgan fingerprint density at radius 3 is 2.38 bits per heavy atom. The summed E-state index contributed by atoms with van der Waals surface area (Å²) in [5, 5.41) is 12.2. The van der Waals surface area contributed by atoms with Crippen molar-refractivity contribution in [1.29, 1.82) is 0 Å². The summed E-state index contributed by atoms with van der Waals surface area (Å²) in [5.41, 5.74) is 0.0373. The van der Waals surface area contributed by atoms with Gasteiger partial charge in [0.15, 0.2) is 0 Å². The minimum absolute atomic E-state index is 0.0662. The van der Waals surface area contributed by atoms with Crippen LogP contribution in [0.15, 0.2) is 30.3 Å². The normalized spacial score (nSPS) is 14.6. The largest absolute Gasteiger partial charge is 0.394 e. The Morgan fingerprint density at radius 2 is 1.94 bits per heavy atom. The molecule has 1 atom stereocenters. The van der Waals surface area contributed by atoms with Crippen molar-refractivity contribution in [2.24, 2.45) is 5.92 Å². The Morgan fingerprint density at radius 1 is 1.38 bits per heavy atom. The lowest BCUT2D eigenvalue weighted by atomic mass is 9.89. The Bertz CT molecular complexity index is 348. The lowest BCUT2D eigenvalue weighted by molar-refractivity contribution is 0.0784. The number of rotatable bonds is 4. The van der Waals surface area contributed by atoms with Gasteiger partial charge in [-0.3, -0.25) is 4.79 Å². The second kappa shape index (κ2) is 5.12. The molecule has 0 spiro atoms. The van der Waals surface area contributed by atoms with Gasteiger partial charge in [-0.1, -0.05) is 32.0 Å². The fourth-order valence-corrected chi connectivity index (χ4v) is 1.29. The van der Waals surface area contributed by atoms with Gasteiger partial charge in [-0.25, -0.2) is 0 Å². The molecule has 1 aromatic rings. The maximum atomic E-state index is 11.9. The second-order valence-electron chi connectivity index (χ2n) is 4.55. The van der Waals surface area contributed by atoms with E-state index in [1.807, 2.05) is 39.0 Å².